The second-order valence-corrected chi connectivity index (χ2v) is 5.75. The van der Waals surface area contributed by atoms with Crippen LogP contribution in [0.5, 0.6) is 0 Å². The van der Waals surface area contributed by atoms with Gasteiger partial charge in [0.05, 0.1) is 6.17 Å². The van der Waals surface area contributed by atoms with Crippen LogP contribution in [0.2, 0.25) is 0 Å². The second kappa shape index (κ2) is 5.02. The first-order valence-electron chi connectivity index (χ1n) is 7.31. The van der Waals surface area contributed by atoms with E-state index in [1.54, 1.807) is 0 Å². The Hall–Kier alpha value is -0.870. The molecule has 2 unspecified atom stereocenters. The first kappa shape index (κ1) is 12.2. The smallest absolute Gasteiger partial charge is 0.110 e. The maximum Gasteiger partial charge on any atom is 0.110 e. The molecule has 0 spiro atoms. The SMILES string of the molecule is CCN1CCC(Cc2ncc3n2C(N)CCC3)C1. The molecule has 1 fully saturated rings. The van der Waals surface area contributed by atoms with Crippen molar-refractivity contribution in [1.29, 1.82) is 0 Å². The highest BCUT2D eigenvalue weighted by atomic mass is 15.2. The van der Waals surface area contributed by atoms with Crippen LogP contribution in [-0.4, -0.2) is 34.1 Å². The minimum absolute atomic E-state index is 0.162. The molecule has 1 aromatic heterocycles. The Labute approximate surface area is 109 Å². The molecule has 2 aliphatic heterocycles. The number of hydrogen-bond donors (Lipinski definition) is 1. The number of nitrogens with zero attached hydrogens (tertiary/aromatic N) is 3. The monoisotopic (exact) mass is 248 g/mol. The van der Waals surface area contributed by atoms with Gasteiger partial charge in [0, 0.05) is 24.9 Å². The lowest BCUT2D eigenvalue weighted by molar-refractivity contribution is 0.336. The molecule has 1 saturated heterocycles. The van der Waals surface area contributed by atoms with Crippen molar-refractivity contribution >= 4 is 0 Å². The van der Waals surface area contributed by atoms with Crippen LogP contribution in [0.15, 0.2) is 6.20 Å². The van der Waals surface area contributed by atoms with E-state index in [0.29, 0.717) is 0 Å². The highest BCUT2D eigenvalue weighted by Gasteiger charge is 2.26. The van der Waals surface area contributed by atoms with Crippen LogP contribution in [-0.2, 0) is 12.8 Å². The van der Waals surface area contributed by atoms with E-state index < -0.39 is 0 Å². The van der Waals surface area contributed by atoms with Gasteiger partial charge < -0.3 is 15.2 Å². The van der Waals surface area contributed by atoms with Gasteiger partial charge in [0.1, 0.15) is 5.82 Å². The fraction of sp³-hybridized carbons (Fsp3) is 0.786. The van der Waals surface area contributed by atoms with Gasteiger partial charge in [-0.2, -0.15) is 0 Å². The van der Waals surface area contributed by atoms with E-state index in [1.807, 2.05) is 6.20 Å². The molecule has 4 nitrogen and oxygen atoms in total. The van der Waals surface area contributed by atoms with Crippen LogP contribution < -0.4 is 5.73 Å². The van der Waals surface area contributed by atoms with Crippen LogP contribution in [0.1, 0.15) is 43.9 Å². The van der Waals surface area contributed by atoms with Crippen molar-refractivity contribution in [2.24, 2.45) is 11.7 Å². The third-order valence-electron chi connectivity index (χ3n) is 4.50. The number of fused-ring (bicyclic) bond motifs is 1. The average Bonchev–Trinajstić information content (AvgIpc) is 2.98. The van der Waals surface area contributed by atoms with Crippen molar-refractivity contribution < 1.29 is 0 Å². The topological polar surface area (TPSA) is 47.1 Å². The Morgan fingerprint density at radius 2 is 2.33 bits per heavy atom. The van der Waals surface area contributed by atoms with Crippen LogP contribution in [0.4, 0.5) is 0 Å². The number of aromatic nitrogens is 2. The molecule has 0 aliphatic carbocycles. The minimum Gasteiger partial charge on any atom is -0.316 e. The molecule has 0 amide bonds. The summed E-state index contributed by atoms with van der Waals surface area (Å²) in [4.78, 5) is 7.16. The van der Waals surface area contributed by atoms with Gasteiger partial charge in [-0.25, -0.2) is 4.98 Å². The standard InChI is InChI=1S/C14H24N4/c1-2-17-7-6-11(10-17)8-14-16-9-12-4-3-5-13(15)18(12)14/h9,11,13H,2-8,10,15H2,1H3. The Kier molecular flexibility index (Phi) is 3.39. The van der Waals surface area contributed by atoms with E-state index in [2.05, 4.69) is 21.4 Å². The third kappa shape index (κ3) is 2.19. The van der Waals surface area contributed by atoms with Gasteiger partial charge in [0.2, 0.25) is 0 Å². The molecule has 0 radical (unpaired) electrons. The van der Waals surface area contributed by atoms with E-state index in [-0.39, 0.29) is 6.17 Å². The molecule has 3 rings (SSSR count). The summed E-state index contributed by atoms with van der Waals surface area (Å²) in [5.74, 6) is 1.99. The van der Waals surface area contributed by atoms with Crippen LogP contribution >= 0.6 is 0 Å². The second-order valence-electron chi connectivity index (χ2n) is 5.75. The number of rotatable bonds is 3. The van der Waals surface area contributed by atoms with Crippen molar-refractivity contribution in [3.8, 4) is 0 Å². The highest BCUT2D eigenvalue weighted by molar-refractivity contribution is 5.10. The largest absolute Gasteiger partial charge is 0.316 e. The Morgan fingerprint density at radius 1 is 1.44 bits per heavy atom. The van der Waals surface area contributed by atoms with Gasteiger partial charge in [-0.3, -0.25) is 0 Å². The molecule has 0 saturated carbocycles. The Balaban J connectivity index is 1.72. The molecule has 4 heteroatoms. The summed E-state index contributed by atoms with van der Waals surface area (Å²) >= 11 is 0. The van der Waals surface area contributed by atoms with Crippen molar-refractivity contribution in [2.75, 3.05) is 19.6 Å². The van der Waals surface area contributed by atoms with Crippen molar-refractivity contribution in [2.45, 2.75) is 45.2 Å². The zero-order valence-electron chi connectivity index (χ0n) is 11.3. The summed E-state index contributed by atoms with van der Waals surface area (Å²) in [7, 11) is 0. The molecule has 3 heterocycles. The fourth-order valence-electron chi connectivity index (χ4n) is 3.43. The summed E-state index contributed by atoms with van der Waals surface area (Å²) < 4.78 is 2.30. The van der Waals surface area contributed by atoms with Crippen LogP contribution in [0.3, 0.4) is 0 Å². The Bertz CT molecular complexity index is 412. The number of imidazole rings is 1. The lowest BCUT2D eigenvalue weighted by Gasteiger charge is -2.24. The van der Waals surface area contributed by atoms with Crippen molar-refractivity contribution in [3.63, 3.8) is 0 Å². The fourth-order valence-corrected chi connectivity index (χ4v) is 3.43. The number of aryl methyl sites for hydroxylation is 1. The van der Waals surface area contributed by atoms with Gasteiger partial charge >= 0.3 is 0 Å². The number of hydrogen-bond acceptors (Lipinski definition) is 3. The number of nitrogens with two attached hydrogens (primary N) is 1. The third-order valence-corrected chi connectivity index (χ3v) is 4.50. The molecule has 0 bridgehead atoms. The molecule has 18 heavy (non-hydrogen) atoms. The predicted octanol–water partition coefficient (Wildman–Crippen LogP) is 1.56. The summed E-state index contributed by atoms with van der Waals surface area (Å²) in [5, 5.41) is 0. The Morgan fingerprint density at radius 3 is 3.11 bits per heavy atom. The van der Waals surface area contributed by atoms with Crippen molar-refractivity contribution in [1.82, 2.24) is 14.5 Å². The van der Waals surface area contributed by atoms with Crippen LogP contribution in [0, 0.1) is 5.92 Å². The van der Waals surface area contributed by atoms with Gasteiger partial charge in [0.15, 0.2) is 0 Å². The average molecular weight is 248 g/mol. The first-order chi connectivity index (χ1) is 8.78. The minimum atomic E-state index is 0.162. The molecule has 2 atom stereocenters. The normalized spacial score (nSPS) is 28.6. The summed E-state index contributed by atoms with van der Waals surface area (Å²) in [6.07, 6.45) is 8.07. The highest BCUT2D eigenvalue weighted by Crippen LogP contribution is 2.26. The van der Waals surface area contributed by atoms with Crippen LogP contribution in [0.25, 0.3) is 0 Å². The van der Waals surface area contributed by atoms with E-state index >= 15 is 0 Å². The van der Waals surface area contributed by atoms with E-state index in [9.17, 15) is 0 Å². The van der Waals surface area contributed by atoms with E-state index in [4.69, 9.17) is 5.73 Å². The summed E-state index contributed by atoms with van der Waals surface area (Å²) in [6.45, 7) is 5.90. The lowest BCUT2D eigenvalue weighted by Crippen LogP contribution is -2.27. The van der Waals surface area contributed by atoms with Gasteiger partial charge in [0.25, 0.3) is 0 Å². The first-order valence-corrected chi connectivity index (χ1v) is 7.31. The van der Waals surface area contributed by atoms with E-state index in [1.165, 1.54) is 44.0 Å². The molecular weight excluding hydrogens is 224 g/mol. The van der Waals surface area contributed by atoms with Gasteiger partial charge in [-0.05, 0) is 44.7 Å². The quantitative estimate of drug-likeness (QED) is 0.883. The molecule has 2 N–H and O–H groups in total. The predicted molar refractivity (Wildman–Crippen MR) is 72.3 cm³/mol. The summed E-state index contributed by atoms with van der Waals surface area (Å²) in [5.41, 5.74) is 7.57. The van der Waals surface area contributed by atoms with Gasteiger partial charge in [-0.1, -0.05) is 6.92 Å². The lowest BCUT2D eigenvalue weighted by atomic mass is 10.0. The van der Waals surface area contributed by atoms with Gasteiger partial charge in [-0.15, -0.1) is 0 Å². The molecular formula is C14H24N4. The molecule has 1 aromatic rings. The number of likely N-dealkylation sites (tertiary alicyclic amines) is 1. The van der Waals surface area contributed by atoms with E-state index in [0.717, 1.165) is 25.2 Å². The summed E-state index contributed by atoms with van der Waals surface area (Å²) in [6, 6.07) is 0. The molecule has 2 aliphatic rings. The maximum absolute atomic E-state index is 6.23. The molecule has 100 valence electrons. The zero-order chi connectivity index (χ0) is 12.5. The zero-order valence-corrected chi connectivity index (χ0v) is 11.3. The molecule has 0 aromatic carbocycles. The van der Waals surface area contributed by atoms with Crippen molar-refractivity contribution in [3.05, 3.63) is 17.7 Å². The maximum atomic E-state index is 6.23.